The van der Waals surface area contributed by atoms with E-state index >= 15 is 0 Å². The van der Waals surface area contributed by atoms with E-state index in [9.17, 15) is 4.79 Å². The maximum Gasteiger partial charge on any atom is 0.294 e. The molecule has 0 aliphatic heterocycles. The number of amidine groups is 1. The van der Waals surface area contributed by atoms with Crippen LogP contribution in [0.2, 0.25) is 0 Å². The molecule has 0 fully saturated rings. The monoisotopic (exact) mass is 324 g/mol. The Morgan fingerprint density at radius 1 is 1.39 bits per heavy atom. The molecule has 0 aromatic carbocycles. The van der Waals surface area contributed by atoms with Crippen LogP contribution in [0.4, 0.5) is 0 Å². The van der Waals surface area contributed by atoms with Gasteiger partial charge in [0.1, 0.15) is 0 Å². The normalized spacial score (nSPS) is 13.2. The third-order valence-corrected chi connectivity index (χ3v) is 3.74. The first kappa shape index (κ1) is 19.2. The van der Waals surface area contributed by atoms with Crippen LogP contribution in [-0.2, 0) is 4.74 Å². The molecule has 6 heteroatoms. The Kier molecular flexibility index (Phi) is 9.05. The summed E-state index contributed by atoms with van der Waals surface area (Å²) in [4.78, 5) is 18.1. The van der Waals surface area contributed by atoms with Gasteiger partial charge in [0.25, 0.3) is 11.9 Å². The quantitative estimate of drug-likeness (QED) is 0.534. The van der Waals surface area contributed by atoms with Gasteiger partial charge in [-0.25, -0.2) is 4.99 Å². The molecule has 0 bridgehead atoms. The fourth-order valence-corrected chi connectivity index (χ4v) is 2.32. The van der Waals surface area contributed by atoms with Gasteiger partial charge in [-0.2, -0.15) is 0 Å². The Morgan fingerprint density at radius 3 is 2.70 bits per heavy atom. The summed E-state index contributed by atoms with van der Waals surface area (Å²) in [6, 6.07) is 3.64. The summed E-state index contributed by atoms with van der Waals surface area (Å²) in [5, 5.41) is 2.66. The predicted octanol–water partition coefficient (Wildman–Crippen LogP) is 1.50. The molecule has 0 spiro atoms. The topological polar surface area (TPSA) is 68.3 Å². The van der Waals surface area contributed by atoms with Crippen molar-refractivity contribution in [2.45, 2.75) is 46.6 Å². The average molecular weight is 324 g/mol. The zero-order chi connectivity index (χ0) is 17.1. The van der Waals surface area contributed by atoms with Crippen LogP contribution in [0.5, 0.6) is 0 Å². The lowest BCUT2D eigenvalue weighted by atomic mass is 10.2. The second-order valence-electron chi connectivity index (χ2n) is 5.50. The Hall–Kier alpha value is -1.82. The van der Waals surface area contributed by atoms with Gasteiger partial charge in [0.05, 0.1) is 38.5 Å². The molecule has 0 aliphatic carbocycles. The van der Waals surface area contributed by atoms with Gasteiger partial charge in [0.15, 0.2) is 5.76 Å². The Balaban J connectivity index is 2.50. The van der Waals surface area contributed by atoms with E-state index in [4.69, 9.17) is 9.15 Å². The van der Waals surface area contributed by atoms with Crippen LogP contribution in [0.1, 0.15) is 51.1 Å². The minimum absolute atomic E-state index is 0.100. The molecule has 1 aromatic rings. The lowest BCUT2D eigenvalue weighted by Crippen LogP contribution is -3.11. The molecule has 2 N–H and O–H groups in total. The average Bonchev–Trinajstić information content (AvgIpc) is 3.06. The van der Waals surface area contributed by atoms with Crippen molar-refractivity contribution in [1.29, 1.82) is 0 Å². The second kappa shape index (κ2) is 10.8. The predicted molar refractivity (Wildman–Crippen MR) is 90.8 cm³/mol. The van der Waals surface area contributed by atoms with Crippen molar-refractivity contribution in [2.24, 2.45) is 4.99 Å². The molecule has 1 atom stereocenters. The van der Waals surface area contributed by atoms with Crippen LogP contribution in [0.15, 0.2) is 27.8 Å². The first-order chi connectivity index (χ1) is 11.1. The highest BCUT2D eigenvalue weighted by molar-refractivity contribution is 6.02. The first-order valence-electron chi connectivity index (χ1n) is 8.49. The van der Waals surface area contributed by atoms with Crippen LogP contribution >= 0.6 is 0 Å². The van der Waals surface area contributed by atoms with Gasteiger partial charge >= 0.3 is 0 Å². The van der Waals surface area contributed by atoms with E-state index in [1.165, 1.54) is 6.26 Å². The summed E-state index contributed by atoms with van der Waals surface area (Å²) in [5.74, 6) is -0.0998. The van der Waals surface area contributed by atoms with E-state index in [2.05, 4.69) is 24.2 Å². The standard InChI is InChI=1S/C17H29N3O3/c1-5-20(6-2)12-8-10-14(4)18-17(22-7-3)19-16(21)15-11-9-13-23-15/h9,11,13-14H,5-8,10,12H2,1-4H3,(H,18,19,21)/p+1/t14-/m1/s1. The molecule has 0 saturated carbocycles. The van der Waals surface area contributed by atoms with Crippen molar-refractivity contribution in [3.63, 3.8) is 0 Å². The van der Waals surface area contributed by atoms with Crippen molar-refractivity contribution in [3.8, 4) is 0 Å². The van der Waals surface area contributed by atoms with Crippen molar-refractivity contribution in [2.75, 3.05) is 26.2 Å². The van der Waals surface area contributed by atoms with E-state index in [0.29, 0.717) is 6.61 Å². The van der Waals surface area contributed by atoms with Crippen molar-refractivity contribution >= 4 is 11.9 Å². The molecule has 1 amide bonds. The molecule has 0 radical (unpaired) electrons. The van der Waals surface area contributed by atoms with Crippen LogP contribution in [0, 0.1) is 0 Å². The molecular weight excluding hydrogens is 294 g/mol. The smallest absolute Gasteiger partial charge is 0.294 e. The van der Waals surface area contributed by atoms with Crippen LogP contribution < -0.4 is 10.2 Å². The van der Waals surface area contributed by atoms with E-state index < -0.39 is 0 Å². The minimum atomic E-state index is -0.345. The highest BCUT2D eigenvalue weighted by Gasteiger charge is 2.13. The minimum Gasteiger partial charge on any atom is -0.465 e. The zero-order valence-corrected chi connectivity index (χ0v) is 14.7. The number of quaternary nitrogens is 1. The van der Waals surface area contributed by atoms with E-state index in [1.54, 1.807) is 17.0 Å². The summed E-state index contributed by atoms with van der Waals surface area (Å²) in [5.41, 5.74) is 0. The molecule has 6 nitrogen and oxygen atoms in total. The number of nitrogens with zero attached hydrogens (tertiary/aromatic N) is 1. The number of ether oxygens (including phenoxy) is 1. The van der Waals surface area contributed by atoms with Gasteiger partial charge in [-0.1, -0.05) is 0 Å². The number of hydrogen-bond donors (Lipinski definition) is 2. The molecule has 1 aromatic heterocycles. The maximum atomic E-state index is 12.0. The SMILES string of the molecule is CCOC(=N[C@H](C)CCC[NH+](CC)CC)NC(=O)c1ccco1. The molecule has 0 unspecified atom stereocenters. The molecule has 0 saturated heterocycles. The first-order valence-corrected chi connectivity index (χ1v) is 8.49. The van der Waals surface area contributed by atoms with Crippen LogP contribution in [0.25, 0.3) is 0 Å². The summed E-state index contributed by atoms with van der Waals surface area (Å²) in [6.07, 6.45) is 3.54. The summed E-state index contributed by atoms with van der Waals surface area (Å²) >= 11 is 0. The fourth-order valence-electron chi connectivity index (χ4n) is 2.32. The van der Waals surface area contributed by atoms with Gasteiger partial charge in [-0.3, -0.25) is 10.1 Å². The van der Waals surface area contributed by atoms with E-state index in [1.807, 2.05) is 13.8 Å². The van der Waals surface area contributed by atoms with E-state index in [-0.39, 0.29) is 23.7 Å². The molecule has 23 heavy (non-hydrogen) atoms. The molecule has 0 aliphatic rings. The number of rotatable bonds is 9. The third-order valence-electron chi connectivity index (χ3n) is 3.74. The number of nitrogens with one attached hydrogen (secondary N) is 2. The van der Waals surface area contributed by atoms with Crippen molar-refractivity contribution in [3.05, 3.63) is 24.2 Å². The Bertz CT molecular complexity index is 467. The number of hydrogen-bond acceptors (Lipinski definition) is 4. The number of amides is 1. The zero-order valence-electron chi connectivity index (χ0n) is 14.7. The summed E-state index contributed by atoms with van der Waals surface area (Å²) in [7, 11) is 0. The van der Waals surface area contributed by atoms with Crippen molar-refractivity contribution in [1.82, 2.24) is 5.32 Å². The summed E-state index contributed by atoms with van der Waals surface area (Å²) in [6.45, 7) is 12.2. The number of aliphatic imine (C=N–C) groups is 1. The number of furan rings is 1. The molecule has 1 rings (SSSR count). The number of carbonyl (C=O) groups excluding carboxylic acids is 1. The van der Waals surface area contributed by atoms with Crippen LogP contribution in [-0.4, -0.2) is 44.2 Å². The van der Waals surface area contributed by atoms with Gasteiger partial charge < -0.3 is 14.1 Å². The third kappa shape index (κ3) is 7.32. The number of carbonyl (C=O) groups is 1. The van der Waals surface area contributed by atoms with Gasteiger partial charge in [-0.05, 0) is 52.7 Å². The second-order valence-corrected chi connectivity index (χ2v) is 5.50. The largest absolute Gasteiger partial charge is 0.465 e. The maximum absolute atomic E-state index is 12.0. The Morgan fingerprint density at radius 2 is 2.13 bits per heavy atom. The highest BCUT2D eigenvalue weighted by Crippen LogP contribution is 2.03. The fraction of sp³-hybridized carbons (Fsp3) is 0.647. The molecule has 1 heterocycles. The van der Waals surface area contributed by atoms with Gasteiger partial charge in [-0.15, -0.1) is 0 Å². The highest BCUT2D eigenvalue weighted by atomic mass is 16.5. The lowest BCUT2D eigenvalue weighted by molar-refractivity contribution is -0.896. The lowest BCUT2D eigenvalue weighted by Gasteiger charge is -2.16. The Labute approximate surface area is 138 Å². The summed E-state index contributed by atoms with van der Waals surface area (Å²) < 4.78 is 10.5. The van der Waals surface area contributed by atoms with Gasteiger partial charge in [0, 0.05) is 0 Å². The van der Waals surface area contributed by atoms with E-state index in [0.717, 1.165) is 32.5 Å². The molecule has 130 valence electrons. The molecular formula is C17H30N3O3+. The van der Waals surface area contributed by atoms with Gasteiger partial charge in [0.2, 0.25) is 0 Å². The van der Waals surface area contributed by atoms with Crippen LogP contribution in [0.3, 0.4) is 0 Å². The van der Waals surface area contributed by atoms with Crippen molar-refractivity contribution < 1.29 is 18.8 Å².